The highest BCUT2D eigenvalue weighted by Crippen LogP contribution is 2.52. The predicted octanol–water partition coefficient (Wildman–Crippen LogP) is 6.66. The fourth-order valence-corrected chi connectivity index (χ4v) is 7.22. The Morgan fingerprint density at radius 3 is 2.47 bits per heavy atom. The first-order valence-corrected chi connectivity index (χ1v) is 16.2. The first kappa shape index (κ1) is 34.5. The molecule has 1 aromatic heterocycles. The smallest absolute Gasteiger partial charge is 0.417 e. The number of carbonyl (C=O) groups is 2. The van der Waals surface area contributed by atoms with Crippen LogP contribution in [0.1, 0.15) is 62.8 Å². The molecule has 10 nitrogen and oxygen atoms in total. The summed E-state index contributed by atoms with van der Waals surface area (Å²) < 4.78 is 70.1. The molecule has 49 heavy (non-hydrogen) atoms. The zero-order valence-corrected chi connectivity index (χ0v) is 27.7. The molecule has 1 amide bonds. The van der Waals surface area contributed by atoms with Crippen molar-refractivity contribution in [3.8, 4) is 28.5 Å². The first-order chi connectivity index (χ1) is 23.3. The van der Waals surface area contributed by atoms with E-state index in [1.54, 1.807) is 12.1 Å². The Bertz CT molecular complexity index is 1700. The summed E-state index contributed by atoms with van der Waals surface area (Å²) in [6, 6.07) is 11.3. The maximum absolute atomic E-state index is 14.5. The number of likely N-dealkylation sites (tertiary alicyclic amines) is 1. The highest BCUT2D eigenvalue weighted by molar-refractivity contribution is 5.89. The number of pyridine rings is 1. The molecule has 3 aromatic rings. The van der Waals surface area contributed by atoms with Gasteiger partial charge in [-0.15, -0.1) is 0 Å². The fourth-order valence-electron chi connectivity index (χ4n) is 7.22. The van der Waals surface area contributed by atoms with Gasteiger partial charge >= 0.3 is 12.1 Å². The van der Waals surface area contributed by atoms with Crippen molar-refractivity contribution in [3.05, 3.63) is 71.4 Å². The van der Waals surface area contributed by atoms with Crippen LogP contribution in [0.4, 0.5) is 13.2 Å². The number of halogens is 3. The lowest BCUT2D eigenvalue weighted by Gasteiger charge is -2.35. The summed E-state index contributed by atoms with van der Waals surface area (Å²) in [6.07, 6.45) is -3.88. The molecule has 4 heterocycles. The van der Waals surface area contributed by atoms with E-state index in [-0.39, 0.29) is 18.2 Å². The summed E-state index contributed by atoms with van der Waals surface area (Å²) in [6.45, 7) is 5.64. The molecule has 6 rings (SSSR count). The van der Waals surface area contributed by atoms with Crippen molar-refractivity contribution in [2.24, 2.45) is 11.3 Å². The van der Waals surface area contributed by atoms with Crippen LogP contribution in [0.25, 0.3) is 11.1 Å². The van der Waals surface area contributed by atoms with Crippen molar-refractivity contribution < 1.29 is 51.6 Å². The largest absolute Gasteiger partial charge is 0.481 e. The number of aromatic nitrogens is 1. The van der Waals surface area contributed by atoms with E-state index >= 15 is 0 Å². The third-order valence-corrected chi connectivity index (χ3v) is 9.41. The van der Waals surface area contributed by atoms with Gasteiger partial charge in [0.25, 0.3) is 5.91 Å². The predicted molar refractivity (Wildman–Crippen MR) is 170 cm³/mol. The maximum Gasteiger partial charge on any atom is 0.417 e. The van der Waals surface area contributed by atoms with Crippen molar-refractivity contribution in [3.63, 3.8) is 0 Å². The van der Waals surface area contributed by atoms with Crippen LogP contribution in [0.5, 0.6) is 17.4 Å². The Hall–Kier alpha value is -4.36. The second-order valence-corrected chi connectivity index (χ2v) is 13.5. The highest BCUT2D eigenvalue weighted by Gasteiger charge is 2.60. The molecular formula is C36H39F3N2O8. The zero-order valence-electron chi connectivity index (χ0n) is 27.7. The molecule has 1 N–H and O–H groups in total. The topological polar surface area (TPSA) is 117 Å². The van der Waals surface area contributed by atoms with E-state index in [0.29, 0.717) is 41.9 Å². The van der Waals surface area contributed by atoms with Crippen LogP contribution in [-0.2, 0) is 31.8 Å². The van der Waals surface area contributed by atoms with Crippen LogP contribution < -0.4 is 14.2 Å². The van der Waals surface area contributed by atoms with Gasteiger partial charge in [0.15, 0.2) is 11.5 Å². The Morgan fingerprint density at radius 1 is 1.04 bits per heavy atom. The number of rotatable bonds is 8. The monoisotopic (exact) mass is 684 g/mol. The number of carboxylic acid groups (broad SMARTS) is 1. The molecule has 5 atom stereocenters. The second kappa shape index (κ2) is 13.5. The normalized spacial score (nSPS) is 23.8. The summed E-state index contributed by atoms with van der Waals surface area (Å²) >= 11 is 0. The highest BCUT2D eigenvalue weighted by atomic mass is 19.4. The van der Waals surface area contributed by atoms with Crippen LogP contribution in [0.3, 0.4) is 0 Å². The zero-order chi connectivity index (χ0) is 35.1. The number of carbonyl (C=O) groups excluding carboxylic acids is 1. The van der Waals surface area contributed by atoms with E-state index in [9.17, 15) is 27.9 Å². The summed E-state index contributed by atoms with van der Waals surface area (Å²) in [5.74, 6) is -1.45. The van der Waals surface area contributed by atoms with E-state index in [2.05, 4.69) is 4.98 Å². The first-order valence-electron chi connectivity index (χ1n) is 16.2. The van der Waals surface area contributed by atoms with E-state index in [0.717, 1.165) is 24.5 Å². The lowest BCUT2D eigenvalue weighted by Crippen LogP contribution is -2.51. The number of fused-ring (bicyclic) bond motifs is 1. The molecule has 0 radical (unpaired) electrons. The SMILES string of the molecule is COc1ncc(C(F)(F)F)cc1CO[C@H]1[C@H](C(C)(C)C)[C@@H](C(=O)O)N(C(=O)[C@@H]2CCCCO2)[C@H]1c1ccccc1-c1ccc2c(c1)OCO2. The Labute approximate surface area is 282 Å². The number of methoxy groups -OCH3 is 1. The lowest BCUT2D eigenvalue weighted by atomic mass is 9.73. The van der Waals surface area contributed by atoms with Crippen molar-refractivity contribution >= 4 is 11.9 Å². The van der Waals surface area contributed by atoms with Crippen molar-refractivity contribution in [1.82, 2.24) is 9.88 Å². The molecule has 3 aliphatic rings. The molecule has 0 aliphatic carbocycles. The number of alkyl halides is 3. The van der Waals surface area contributed by atoms with Gasteiger partial charge in [0.1, 0.15) is 12.1 Å². The molecular weight excluding hydrogens is 645 g/mol. The minimum absolute atomic E-state index is 0.0278. The molecule has 0 bridgehead atoms. The fraction of sp³-hybridized carbons (Fsp3) is 0.472. The number of aliphatic carboxylic acids is 1. The molecule has 2 fully saturated rings. The number of hydrogen-bond donors (Lipinski definition) is 1. The Kier molecular flexibility index (Phi) is 9.51. The van der Waals surface area contributed by atoms with Gasteiger partial charge < -0.3 is 33.7 Å². The van der Waals surface area contributed by atoms with Crippen molar-refractivity contribution in [2.75, 3.05) is 20.5 Å². The average Bonchev–Trinajstić information content (AvgIpc) is 3.69. The summed E-state index contributed by atoms with van der Waals surface area (Å²) in [7, 11) is 1.29. The summed E-state index contributed by atoms with van der Waals surface area (Å²) in [5, 5.41) is 10.9. The van der Waals surface area contributed by atoms with Crippen molar-refractivity contribution in [1.29, 1.82) is 0 Å². The van der Waals surface area contributed by atoms with Gasteiger partial charge in [0.05, 0.1) is 31.4 Å². The average molecular weight is 685 g/mol. The van der Waals surface area contributed by atoms with Gasteiger partial charge in [-0.1, -0.05) is 51.1 Å². The molecule has 0 unspecified atom stereocenters. The van der Waals surface area contributed by atoms with E-state index in [1.807, 2.05) is 51.1 Å². The van der Waals surface area contributed by atoms with E-state index < -0.39 is 65.8 Å². The van der Waals surface area contributed by atoms with E-state index in [4.69, 9.17) is 23.7 Å². The van der Waals surface area contributed by atoms with Crippen molar-refractivity contribution in [2.45, 2.75) is 77.1 Å². The molecule has 3 aliphatic heterocycles. The maximum atomic E-state index is 14.5. The number of nitrogens with zero attached hydrogens (tertiary/aromatic N) is 2. The Balaban J connectivity index is 1.52. The number of amides is 1. The molecule has 13 heteroatoms. The van der Waals surface area contributed by atoms with Crippen LogP contribution in [0.15, 0.2) is 54.7 Å². The minimum Gasteiger partial charge on any atom is -0.481 e. The molecule has 0 saturated carbocycles. The molecule has 0 spiro atoms. The Morgan fingerprint density at radius 2 is 1.80 bits per heavy atom. The van der Waals surface area contributed by atoms with E-state index in [1.165, 1.54) is 12.0 Å². The number of benzene rings is 2. The van der Waals surface area contributed by atoms with Crippen LogP contribution in [0, 0.1) is 11.3 Å². The standard InChI is InChI=1S/C36H39F3N2O8/c1-35(2,3)28-30(34(43)44)41(33(42)26-11-7-8-14-46-26)29(31(28)47-18-21-15-22(36(37,38)39)17-40-32(21)45-4)24-10-6-5-9-23(24)20-12-13-25-27(16-20)49-19-48-25/h5-6,9-10,12-13,15-17,26,28-31H,7-8,11,14,18-19H2,1-4H3,(H,43,44)/t26-,28+,29-,30-,31-/m0/s1. The third kappa shape index (κ3) is 6.78. The number of ether oxygens (including phenoxy) is 5. The van der Waals surface area contributed by atoms with Gasteiger partial charge in [0, 0.05) is 24.3 Å². The van der Waals surface area contributed by atoms with Crippen LogP contribution in [0.2, 0.25) is 0 Å². The minimum atomic E-state index is -4.67. The quantitative estimate of drug-likeness (QED) is 0.278. The lowest BCUT2D eigenvalue weighted by molar-refractivity contribution is -0.159. The van der Waals surface area contributed by atoms with Gasteiger partial charge in [-0.05, 0) is 59.6 Å². The van der Waals surface area contributed by atoms with Crippen LogP contribution >= 0.6 is 0 Å². The van der Waals surface area contributed by atoms with Gasteiger partial charge in [-0.25, -0.2) is 9.78 Å². The molecule has 262 valence electrons. The second-order valence-electron chi connectivity index (χ2n) is 13.5. The third-order valence-electron chi connectivity index (χ3n) is 9.41. The van der Waals surface area contributed by atoms with Gasteiger partial charge in [-0.3, -0.25) is 4.79 Å². The molecule has 2 saturated heterocycles. The summed E-state index contributed by atoms with van der Waals surface area (Å²) in [4.78, 5) is 33.1. The number of hydrogen-bond acceptors (Lipinski definition) is 8. The summed E-state index contributed by atoms with van der Waals surface area (Å²) in [5.41, 5.74) is 0.319. The number of carboxylic acids is 1. The van der Waals surface area contributed by atoms with Crippen LogP contribution in [-0.4, -0.2) is 65.6 Å². The molecule has 2 aromatic carbocycles. The van der Waals surface area contributed by atoms with Gasteiger partial charge in [0.2, 0.25) is 12.7 Å². The van der Waals surface area contributed by atoms with Gasteiger partial charge in [-0.2, -0.15) is 13.2 Å².